The maximum atomic E-state index is 13.8. The summed E-state index contributed by atoms with van der Waals surface area (Å²) in [4.78, 5) is 52.9. The molecule has 20 N–H and O–H groups in total. The lowest BCUT2D eigenvalue weighted by molar-refractivity contribution is -0.403. The molecule has 28 atom stereocenters. The molecule has 612 valence electrons. The molecular weight excluding hydrogens is 1390 g/mol. The highest BCUT2D eigenvalue weighted by Gasteiger charge is 2.62. The van der Waals surface area contributed by atoms with Crippen LogP contribution in [-0.2, 0) is 66.5 Å². The predicted octanol–water partition coefficient (Wildman–Crippen LogP) is -1.82. The number of ether oxygens (including phenoxy) is 10. The first-order chi connectivity index (χ1) is 50.3. The maximum absolute atomic E-state index is 13.8. The lowest BCUT2D eigenvalue weighted by atomic mass is 9.88. The average molecular weight is 1520 g/mol. The van der Waals surface area contributed by atoms with Crippen LogP contribution in [0.2, 0.25) is 0 Å². The minimum absolute atomic E-state index is 0.134. The Balaban J connectivity index is 1.41. The number of amides is 3. The fraction of sp³-hybridized carbons (Fsp3) is 0.915. The van der Waals surface area contributed by atoms with Crippen LogP contribution < -0.4 is 16.0 Å². The molecule has 28 unspecified atom stereocenters. The Bertz CT molecular complexity index is 2460. The van der Waals surface area contributed by atoms with E-state index in [4.69, 9.17) is 47.4 Å². The molecule has 34 nitrogen and oxygen atoms in total. The van der Waals surface area contributed by atoms with E-state index in [-0.39, 0.29) is 12.3 Å². The molecule has 0 aromatic rings. The standard InChI is InChI=1S/C71H127N3O31/c1-5-7-9-11-13-15-17-19-21-23-25-27-29-31-43(82)42(74-50(85)32-30-28-26-24-22-20-18-16-14-12-10-8-6-2)39-96-67-59(92)57(90)61(48(37-78)99-67)101-69-60(93)65(105-71(70(94)95)33-44(83)51(72-40(3)80)64(104-71)53(86)45(84)34-75)62(49(38-79)100-69)102-66-52(73-41(4)81)63(55(88)47(36-77)97-66)103-68-58(91)56(89)54(87)46(35-76)98-68/h29,31,42-49,51-69,75-79,82-84,86-93H,5-28,30,32-39H2,1-4H3,(H,72,80)(H,73,81)(H,74,85)(H,94,95). The Kier molecular flexibility index (Phi) is 42.5. The van der Waals surface area contributed by atoms with Crippen LogP contribution in [0.15, 0.2) is 12.2 Å². The molecule has 0 aliphatic carbocycles. The first kappa shape index (κ1) is 92.2. The third kappa shape index (κ3) is 28.1. The summed E-state index contributed by atoms with van der Waals surface area (Å²) >= 11 is 0. The van der Waals surface area contributed by atoms with E-state index in [1.165, 1.54) is 96.0 Å². The zero-order valence-electron chi connectivity index (χ0n) is 61.4. The zero-order valence-corrected chi connectivity index (χ0v) is 61.4. The summed E-state index contributed by atoms with van der Waals surface area (Å²) in [6.45, 7) is 0.299. The van der Waals surface area contributed by atoms with Crippen molar-refractivity contribution < 1.29 is 153 Å². The number of rotatable bonds is 50. The molecule has 5 rings (SSSR count). The monoisotopic (exact) mass is 1520 g/mol. The Morgan fingerprint density at radius 2 is 0.943 bits per heavy atom. The third-order valence-corrected chi connectivity index (χ3v) is 20.1. The Morgan fingerprint density at radius 1 is 0.495 bits per heavy atom. The largest absolute Gasteiger partial charge is 0.477 e. The van der Waals surface area contributed by atoms with E-state index in [0.717, 1.165) is 71.6 Å². The van der Waals surface area contributed by atoms with Crippen LogP contribution in [0, 0.1) is 0 Å². The van der Waals surface area contributed by atoms with Crippen LogP contribution in [0.1, 0.15) is 201 Å². The summed E-state index contributed by atoms with van der Waals surface area (Å²) in [7, 11) is 0. The molecule has 0 aromatic carbocycles. The number of aliphatic hydroxyl groups is 16. The van der Waals surface area contributed by atoms with E-state index in [0.29, 0.717) is 12.8 Å². The van der Waals surface area contributed by atoms with Crippen LogP contribution in [0.5, 0.6) is 0 Å². The number of carboxylic acids is 1. The number of carboxylic acid groups (broad SMARTS) is 1. The first-order valence-corrected chi connectivity index (χ1v) is 38.1. The molecule has 34 heteroatoms. The summed E-state index contributed by atoms with van der Waals surface area (Å²) in [6, 6.07) is -4.80. The van der Waals surface area contributed by atoms with Crippen molar-refractivity contribution >= 4 is 23.7 Å². The van der Waals surface area contributed by atoms with Crippen molar-refractivity contribution in [3.63, 3.8) is 0 Å². The molecule has 5 aliphatic rings. The van der Waals surface area contributed by atoms with Gasteiger partial charge < -0.3 is 150 Å². The zero-order chi connectivity index (χ0) is 77.3. The lowest BCUT2D eigenvalue weighted by Gasteiger charge is -2.52. The summed E-state index contributed by atoms with van der Waals surface area (Å²) < 4.78 is 60.0. The number of nitrogens with one attached hydrogen (secondary N) is 3. The fourth-order valence-corrected chi connectivity index (χ4v) is 14.0. The smallest absolute Gasteiger partial charge is 0.364 e. The first-order valence-electron chi connectivity index (χ1n) is 38.1. The highest BCUT2D eigenvalue weighted by atomic mass is 16.8. The molecule has 105 heavy (non-hydrogen) atoms. The number of aliphatic carboxylic acids is 1. The van der Waals surface area contributed by atoms with E-state index in [2.05, 4.69) is 29.8 Å². The summed E-state index contributed by atoms with van der Waals surface area (Å²) in [6.07, 6.45) is -19.5. The van der Waals surface area contributed by atoms with Gasteiger partial charge in [0.05, 0.1) is 63.9 Å². The molecule has 5 heterocycles. The molecule has 5 aliphatic heterocycles. The summed E-state index contributed by atoms with van der Waals surface area (Å²) in [5.74, 6) is -7.71. The normalized spacial score (nSPS) is 35.0. The van der Waals surface area contributed by atoms with Crippen molar-refractivity contribution in [1.82, 2.24) is 16.0 Å². The van der Waals surface area contributed by atoms with Gasteiger partial charge in [0.1, 0.15) is 116 Å². The highest BCUT2D eigenvalue weighted by Crippen LogP contribution is 2.41. The molecule has 0 saturated carbocycles. The van der Waals surface area contributed by atoms with Crippen molar-refractivity contribution in [3.05, 3.63) is 12.2 Å². The molecule has 5 fully saturated rings. The molecule has 0 bridgehead atoms. The van der Waals surface area contributed by atoms with Gasteiger partial charge >= 0.3 is 5.97 Å². The van der Waals surface area contributed by atoms with Crippen LogP contribution in [-0.4, -0.2) is 321 Å². The van der Waals surface area contributed by atoms with E-state index < -0.39 is 235 Å². The number of carbonyl (C=O) groups is 4. The van der Waals surface area contributed by atoms with E-state index >= 15 is 0 Å². The summed E-state index contributed by atoms with van der Waals surface area (Å²) in [5, 5.41) is 197. The number of carbonyl (C=O) groups excluding carboxylic acids is 3. The van der Waals surface area contributed by atoms with Crippen LogP contribution >= 0.6 is 0 Å². The van der Waals surface area contributed by atoms with Gasteiger partial charge in [0.2, 0.25) is 17.7 Å². The van der Waals surface area contributed by atoms with Gasteiger partial charge in [0.25, 0.3) is 5.79 Å². The fourth-order valence-electron chi connectivity index (χ4n) is 14.0. The van der Waals surface area contributed by atoms with E-state index in [1.807, 2.05) is 6.08 Å². The number of hydrogen-bond donors (Lipinski definition) is 20. The molecule has 0 radical (unpaired) electrons. The van der Waals surface area contributed by atoms with Crippen LogP contribution in [0.4, 0.5) is 0 Å². The Labute approximate surface area is 614 Å². The minimum atomic E-state index is -3.38. The van der Waals surface area contributed by atoms with Gasteiger partial charge in [-0.15, -0.1) is 0 Å². The number of unbranched alkanes of at least 4 members (excludes halogenated alkanes) is 23. The molecule has 3 amide bonds. The van der Waals surface area contributed by atoms with Crippen molar-refractivity contribution in [3.8, 4) is 0 Å². The summed E-state index contributed by atoms with van der Waals surface area (Å²) in [5.41, 5.74) is 0. The lowest BCUT2D eigenvalue weighted by Crippen LogP contribution is -2.72. The van der Waals surface area contributed by atoms with E-state index in [9.17, 15) is 106 Å². The molecule has 5 saturated heterocycles. The minimum Gasteiger partial charge on any atom is -0.477 e. The second-order valence-electron chi connectivity index (χ2n) is 28.6. The van der Waals surface area contributed by atoms with Crippen molar-refractivity contribution in [1.29, 1.82) is 0 Å². The quantitative estimate of drug-likeness (QED) is 0.0235. The van der Waals surface area contributed by atoms with Gasteiger partial charge in [-0.1, -0.05) is 167 Å². The number of aliphatic hydroxyl groups excluding tert-OH is 16. The molecular formula is C71H127N3O31. The second-order valence-corrected chi connectivity index (χ2v) is 28.6. The molecule has 0 spiro atoms. The van der Waals surface area contributed by atoms with Crippen molar-refractivity contribution in [2.45, 2.75) is 372 Å². The van der Waals surface area contributed by atoms with Crippen LogP contribution in [0.25, 0.3) is 0 Å². The van der Waals surface area contributed by atoms with Gasteiger partial charge in [-0.25, -0.2) is 4.79 Å². The third-order valence-electron chi connectivity index (χ3n) is 20.1. The Hall–Kier alpha value is -3.42. The van der Waals surface area contributed by atoms with E-state index in [1.54, 1.807) is 0 Å². The SMILES string of the molecule is CCCCCCCCCCCCCC=CC(O)C(COC1OC(CO)C(OC2OC(CO)C(OC3OC(CO)C(O)C(OC4OC(CO)C(O)C(O)C4O)C3NC(C)=O)C(OC3(C(=O)O)CC(O)C(NC(C)=O)C(C(O)C(O)CO)O3)C2O)C(O)C1O)NC(=O)CCCCCCCCCCCCCCC. The Morgan fingerprint density at radius 3 is 1.47 bits per heavy atom. The van der Waals surface area contributed by atoms with Crippen molar-refractivity contribution in [2.24, 2.45) is 0 Å². The van der Waals surface area contributed by atoms with Crippen LogP contribution in [0.3, 0.4) is 0 Å². The van der Waals surface area contributed by atoms with Gasteiger partial charge in [-0.05, 0) is 19.3 Å². The maximum Gasteiger partial charge on any atom is 0.364 e. The predicted molar refractivity (Wildman–Crippen MR) is 369 cm³/mol. The highest BCUT2D eigenvalue weighted by molar-refractivity contribution is 5.77. The average Bonchev–Trinajstić information content (AvgIpc) is 0.759. The van der Waals surface area contributed by atoms with Gasteiger partial charge in [0.15, 0.2) is 25.2 Å². The second kappa shape index (κ2) is 48.4. The van der Waals surface area contributed by atoms with Crippen molar-refractivity contribution in [2.75, 3.05) is 39.6 Å². The topological polar surface area (TPSA) is 541 Å². The molecule has 0 aromatic heterocycles. The van der Waals surface area contributed by atoms with Gasteiger partial charge in [0, 0.05) is 26.7 Å². The number of allylic oxidation sites excluding steroid dienone is 1. The van der Waals surface area contributed by atoms with Gasteiger partial charge in [-0.2, -0.15) is 0 Å². The van der Waals surface area contributed by atoms with Gasteiger partial charge in [-0.3, -0.25) is 14.4 Å². The number of hydrogen-bond acceptors (Lipinski definition) is 30.